The van der Waals surface area contributed by atoms with Crippen molar-refractivity contribution in [1.29, 1.82) is 0 Å². The van der Waals surface area contributed by atoms with Gasteiger partial charge in [-0.1, -0.05) is 0 Å². The molecular formula is C11H14FN3O6. The molecule has 2 rings (SSSR count). The van der Waals surface area contributed by atoms with E-state index in [9.17, 15) is 24.2 Å². The van der Waals surface area contributed by atoms with Crippen LogP contribution < -0.4 is 11.4 Å². The van der Waals surface area contributed by atoms with Crippen molar-refractivity contribution in [3.05, 3.63) is 22.5 Å². The number of nitrogens with zero attached hydrogens (tertiary/aromatic N) is 2. The van der Waals surface area contributed by atoms with E-state index in [4.69, 9.17) is 15.2 Å². The lowest BCUT2D eigenvalue weighted by atomic mass is 10.1. The minimum Gasteiger partial charge on any atom is -0.457 e. The van der Waals surface area contributed by atoms with Crippen LogP contribution in [0.15, 0.2) is 11.0 Å². The van der Waals surface area contributed by atoms with Crippen LogP contribution in [0.25, 0.3) is 0 Å². The number of rotatable bonds is 3. The molecule has 0 radical (unpaired) electrons. The first-order valence-electron chi connectivity index (χ1n) is 6.01. The molecule has 1 aliphatic heterocycles. The van der Waals surface area contributed by atoms with Crippen molar-refractivity contribution in [3.63, 3.8) is 0 Å². The highest BCUT2D eigenvalue weighted by Gasteiger charge is 2.47. The van der Waals surface area contributed by atoms with Gasteiger partial charge in [0.15, 0.2) is 24.0 Å². The first-order chi connectivity index (χ1) is 9.85. The summed E-state index contributed by atoms with van der Waals surface area (Å²) in [6.07, 6.45) is -4.36. The van der Waals surface area contributed by atoms with E-state index < -0.39 is 54.4 Å². The first kappa shape index (κ1) is 15.4. The number of aliphatic hydroxyl groups is 2. The van der Waals surface area contributed by atoms with Crippen molar-refractivity contribution >= 4 is 11.8 Å². The van der Waals surface area contributed by atoms with Gasteiger partial charge in [0.1, 0.15) is 12.2 Å². The summed E-state index contributed by atoms with van der Waals surface area (Å²) in [4.78, 5) is 25.9. The SMILES string of the molecule is CC(=O)O[C@H]1[C@@H](O)[C@H](n2cc(F)c(N)nc2=O)O[C@@H]1CO. The third-order valence-corrected chi connectivity index (χ3v) is 3.00. The van der Waals surface area contributed by atoms with Crippen molar-refractivity contribution in [3.8, 4) is 0 Å². The zero-order chi connectivity index (χ0) is 15.7. The maximum Gasteiger partial charge on any atom is 0.351 e. The Bertz CT molecular complexity index is 606. The van der Waals surface area contributed by atoms with Gasteiger partial charge in [0.25, 0.3) is 0 Å². The second-order valence-electron chi connectivity index (χ2n) is 4.48. The Kier molecular flexibility index (Phi) is 4.21. The van der Waals surface area contributed by atoms with Crippen molar-refractivity contribution in [2.24, 2.45) is 0 Å². The third kappa shape index (κ3) is 2.86. The average molecular weight is 303 g/mol. The zero-order valence-corrected chi connectivity index (χ0v) is 11.0. The molecule has 1 aliphatic rings. The summed E-state index contributed by atoms with van der Waals surface area (Å²) < 4.78 is 24.2. The topological polar surface area (TPSA) is 137 Å². The first-order valence-corrected chi connectivity index (χ1v) is 6.01. The van der Waals surface area contributed by atoms with E-state index in [0.717, 1.165) is 13.1 Å². The van der Waals surface area contributed by atoms with Crippen LogP contribution in [0.1, 0.15) is 13.2 Å². The molecular weight excluding hydrogens is 289 g/mol. The molecule has 2 heterocycles. The van der Waals surface area contributed by atoms with Crippen molar-refractivity contribution in [2.45, 2.75) is 31.5 Å². The number of halogens is 1. The lowest BCUT2D eigenvalue weighted by Crippen LogP contribution is -2.39. The Morgan fingerprint density at radius 2 is 2.33 bits per heavy atom. The number of hydrogen-bond donors (Lipinski definition) is 3. The van der Waals surface area contributed by atoms with Gasteiger partial charge in [-0.3, -0.25) is 9.36 Å². The summed E-state index contributed by atoms with van der Waals surface area (Å²) >= 11 is 0. The van der Waals surface area contributed by atoms with Crippen molar-refractivity contribution in [2.75, 3.05) is 12.3 Å². The van der Waals surface area contributed by atoms with Crippen molar-refractivity contribution in [1.82, 2.24) is 9.55 Å². The van der Waals surface area contributed by atoms with Crippen LogP contribution in [-0.2, 0) is 14.3 Å². The predicted molar refractivity (Wildman–Crippen MR) is 65.4 cm³/mol. The maximum absolute atomic E-state index is 13.4. The predicted octanol–water partition coefficient (Wildman–Crippen LogP) is -1.85. The molecule has 9 nitrogen and oxygen atoms in total. The monoisotopic (exact) mass is 303 g/mol. The molecule has 10 heteroatoms. The van der Waals surface area contributed by atoms with Gasteiger partial charge in [-0.25, -0.2) is 9.18 Å². The molecule has 0 amide bonds. The molecule has 1 aromatic rings. The minimum absolute atomic E-state index is 0.564. The summed E-state index contributed by atoms with van der Waals surface area (Å²) in [5, 5.41) is 19.3. The molecule has 0 aliphatic carbocycles. The smallest absolute Gasteiger partial charge is 0.351 e. The number of hydrogen-bond acceptors (Lipinski definition) is 8. The summed E-state index contributed by atoms with van der Waals surface area (Å²) in [6.45, 7) is 0.552. The van der Waals surface area contributed by atoms with E-state index >= 15 is 0 Å². The molecule has 0 bridgehead atoms. The summed E-state index contributed by atoms with van der Waals surface area (Å²) in [5.74, 6) is -2.25. The Balaban J connectivity index is 2.35. The van der Waals surface area contributed by atoms with E-state index in [1.807, 2.05) is 0 Å². The Hall–Kier alpha value is -2.04. The number of anilines is 1. The number of aromatic nitrogens is 2. The molecule has 0 spiro atoms. The largest absolute Gasteiger partial charge is 0.457 e. The van der Waals surface area contributed by atoms with Crippen LogP contribution in [0, 0.1) is 5.82 Å². The molecule has 1 fully saturated rings. The van der Waals surface area contributed by atoms with Gasteiger partial charge in [-0.2, -0.15) is 4.98 Å². The average Bonchev–Trinajstić information content (AvgIpc) is 2.71. The Morgan fingerprint density at radius 1 is 1.67 bits per heavy atom. The van der Waals surface area contributed by atoms with Crippen LogP contribution in [-0.4, -0.2) is 50.7 Å². The third-order valence-electron chi connectivity index (χ3n) is 3.00. The molecule has 0 saturated carbocycles. The van der Waals surface area contributed by atoms with Crippen LogP contribution in [0.4, 0.5) is 10.2 Å². The van der Waals surface area contributed by atoms with Gasteiger partial charge >= 0.3 is 11.7 Å². The Labute approximate surface area is 117 Å². The number of aliphatic hydroxyl groups excluding tert-OH is 2. The molecule has 116 valence electrons. The minimum atomic E-state index is -1.48. The number of nitrogens with two attached hydrogens (primary N) is 1. The number of esters is 1. The second-order valence-corrected chi connectivity index (χ2v) is 4.48. The molecule has 1 aromatic heterocycles. The fourth-order valence-corrected chi connectivity index (χ4v) is 2.07. The highest BCUT2D eigenvalue weighted by atomic mass is 19.1. The van der Waals surface area contributed by atoms with Gasteiger partial charge in [0.2, 0.25) is 0 Å². The summed E-state index contributed by atoms with van der Waals surface area (Å²) in [6, 6.07) is 0. The van der Waals surface area contributed by atoms with E-state index in [0.29, 0.717) is 4.57 Å². The number of carbonyl (C=O) groups is 1. The Morgan fingerprint density at radius 3 is 2.90 bits per heavy atom. The van der Waals surface area contributed by atoms with Crippen LogP contribution in [0.5, 0.6) is 0 Å². The quantitative estimate of drug-likeness (QED) is 0.553. The van der Waals surface area contributed by atoms with Crippen LogP contribution in [0.2, 0.25) is 0 Å². The van der Waals surface area contributed by atoms with E-state index in [2.05, 4.69) is 4.98 Å². The van der Waals surface area contributed by atoms with E-state index in [1.165, 1.54) is 0 Å². The maximum atomic E-state index is 13.4. The van der Waals surface area contributed by atoms with Gasteiger partial charge in [0.05, 0.1) is 12.8 Å². The standard InChI is InChI=1S/C11H14FN3O6/c1-4(17)20-8-6(3-16)21-10(7(8)18)15-2-5(12)9(13)14-11(15)19/h2,6-8,10,16,18H,3H2,1H3,(H2,13,14,19)/t6-,7-,8-,10-/m1/s1. The normalized spacial score (nSPS) is 28.6. The van der Waals surface area contributed by atoms with E-state index in [1.54, 1.807) is 0 Å². The van der Waals surface area contributed by atoms with Gasteiger partial charge in [0, 0.05) is 6.92 Å². The van der Waals surface area contributed by atoms with Gasteiger partial charge < -0.3 is 25.4 Å². The lowest BCUT2D eigenvalue weighted by Gasteiger charge is -2.19. The van der Waals surface area contributed by atoms with Crippen LogP contribution >= 0.6 is 0 Å². The summed E-state index contributed by atoms with van der Waals surface area (Å²) in [7, 11) is 0. The fourth-order valence-electron chi connectivity index (χ4n) is 2.07. The summed E-state index contributed by atoms with van der Waals surface area (Å²) in [5.41, 5.74) is 4.21. The second kappa shape index (κ2) is 5.76. The molecule has 1 saturated heterocycles. The molecule has 0 unspecified atom stereocenters. The highest BCUT2D eigenvalue weighted by Crippen LogP contribution is 2.30. The van der Waals surface area contributed by atoms with Gasteiger partial charge in [-0.05, 0) is 0 Å². The van der Waals surface area contributed by atoms with Gasteiger partial charge in [-0.15, -0.1) is 0 Å². The lowest BCUT2D eigenvalue weighted by molar-refractivity contribution is -0.153. The molecule has 4 N–H and O–H groups in total. The zero-order valence-electron chi connectivity index (χ0n) is 11.0. The number of carbonyl (C=O) groups excluding carboxylic acids is 1. The molecule has 21 heavy (non-hydrogen) atoms. The number of nitrogen functional groups attached to an aromatic ring is 1. The van der Waals surface area contributed by atoms with E-state index in [-0.39, 0.29) is 0 Å². The number of ether oxygens (including phenoxy) is 2. The van der Waals surface area contributed by atoms with Crippen molar-refractivity contribution < 1.29 is 28.9 Å². The highest BCUT2D eigenvalue weighted by molar-refractivity contribution is 5.66. The molecule has 0 aromatic carbocycles. The molecule has 4 atom stereocenters. The van der Waals surface area contributed by atoms with Crippen LogP contribution in [0.3, 0.4) is 0 Å². The fraction of sp³-hybridized carbons (Fsp3) is 0.545.